The Labute approximate surface area is 281 Å². The molecular formula is C46H28N2O. The van der Waals surface area contributed by atoms with Crippen LogP contribution in [0.25, 0.3) is 98.8 Å². The summed E-state index contributed by atoms with van der Waals surface area (Å²) in [5.74, 6) is 0. The molecule has 0 aliphatic rings. The van der Waals surface area contributed by atoms with Crippen LogP contribution < -0.4 is 0 Å². The second-order valence-electron chi connectivity index (χ2n) is 12.9. The number of aromatic nitrogens is 2. The minimum absolute atomic E-state index is 0.899. The van der Waals surface area contributed by atoms with Crippen LogP contribution >= 0.6 is 0 Å². The molecule has 0 aliphatic carbocycles. The van der Waals surface area contributed by atoms with Crippen molar-refractivity contribution in [2.24, 2.45) is 0 Å². The van der Waals surface area contributed by atoms with Gasteiger partial charge in [0.15, 0.2) is 0 Å². The van der Waals surface area contributed by atoms with Crippen LogP contribution in [0, 0.1) is 0 Å². The van der Waals surface area contributed by atoms with E-state index in [1.165, 1.54) is 71.2 Å². The van der Waals surface area contributed by atoms with Crippen molar-refractivity contribution in [3.63, 3.8) is 0 Å². The van der Waals surface area contributed by atoms with Gasteiger partial charge in [0.25, 0.3) is 0 Å². The van der Waals surface area contributed by atoms with E-state index < -0.39 is 0 Å². The molecule has 0 amide bonds. The Kier molecular flexibility index (Phi) is 5.38. The van der Waals surface area contributed by atoms with E-state index in [1.54, 1.807) is 0 Å². The Morgan fingerprint density at radius 3 is 1.73 bits per heavy atom. The van der Waals surface area contributed by atoms with Gasteiger partial charge in [-0.05, 0) is 71.1 Å². The Balaban J connectivity index is 1.16. The van der Waals surface area contributed by atoms with Gasteiger partial charge in [0.05, 0.1) is 38.8 Å². The predicted molar refractivity (Wildman–Crippen MR) is 205 cm³/mol. The lowest BCUT2D eigenvalue weighted by atomic mass is 10.0. The van der Waals surface area contributed by atoms with Crippen LogP contribution in [0.4, 0.5) is 0 Å². The average Bonchev–Trinajstić information content (AvgIpc) is 3.82. The summed E-state index contributed by atoms with van der Waals surface area (Å²) in [6, 6.07) is 61.3. The maximum Gasteiger partial charge on any atom is 0.137 e. The van der Waals surface area contributed by atoms with Crippen LogP contribution in [0.2, 0.25) is 0 Å². The lowest BCUT2D eigenvalue weighted by Gasteiger charge is -2.12. The van der Waals surface area contributed by atoms with Crippen molar-refractivity contribution in [2.75, 3.05) is 0 Å². The van der Waals surface area contributed by atoms with Gasteiger partial charge in [-0.1, -0.05) is 115 Å². The monoisotopic (exact) mass is 624 g/mol. The van der Waals surface area contributed by atoms with Gasteiger partial charge in [-0.2, -0.15) is 0 Å². The molecule has 0 radical (unpaired) electrons. The molecule has 0 N–H and O–H groups in total. The summed E-state index contributed by atoms with van der Waals surface area (Å²) in [5.41, 5.74) is 11.3. The molecule has 0 fully saturated rings. The highest BCUT2D eigenvalue weighted by molar-refractivity contribution is 6.16. The first-order valence-electron chi connectivity index (χ1n) is 16.8. The van der Waals surface area contributed by atoms with Gasteiger partial charge in [0, 0.05) is 32.3 Å². The quantitative estimate of drug-likeness (QED) is 0.192. The molecule has 3 nitrogen and oxygen atoms in total. The van der Waals surface area contributed by atoms with Crippen molar-refractivity contribution in [1.82, 2.24) is 9.13 Å². The molecule has 0 spiro atoms. The van der Waals surface area contributed by atoms with Gasteiger partial charge in [-0.25, -0.2) is 0 Å². The Bertz CT molecular complexity index is 3110. The lowest BCUT2D eigenvalue weighted by molar-refractivity contribution is 0.669. The van der Waals surface area contributed by atoms with Crippen molar-refractivity contribution in [3.05, 3.63) is 170 Å². The average molecular weight is 625 g/mol. The first kappa shape index (κ1) is 26.5. The summed E-state index contributed by atoms with van der Waals surface area (Å²) < 4.78 is 11.1. The molecule has 3 heteroatoms. The maximum atomic E-state index is 6.30. The molecular weight excluding hydrogens is 597 g/mol. The molecule has 0 bridgehead atoms. The van der Waals surface area contributed by atoms with Gasteiger partial charge in [0.2, 0.25) is 0 Å². The van der Waals surface area contributed by atoms with Crippen LogP contribution in [0.3, 0.4) is 0 Å². The maximum absolute atomic E-state index is 6.30. The zero-order valence-electron chi connectivity index (χ0n) is 26.5. The number of rotatable bonds is 3. The summed E-state index contributed by atoms with van der Waals surface area (Å²) in [7, 11) is 0. The molecule has 3 heterocycles. The summed E-state index contributed by atoms with van der Waals surface area (Å²) >= 11 is 0. The molecule has 0 saturated heterocycles. The fourth-order valence-corrected chi connectivity index (χ4v) is 8.17. The van der Waals surface area contributed by atoms with E-state index in [0.29, 0.717) is 0 Å². The molecule has 228 valence electrons. The molecule has 8 aromatic carbocycles. The topological polar surface area (TPSA) is 23.0 Å². The Hall–Kier alpha value is -6.58. The van der Waals surface area contributed by atoms with Gasteiger partial charge < -0.3 is 13.6 Å². The van der Waals surface area contributed by atoms with Crippen molar-refractivity contribution < 1.29 is 4.42 Å². The largest absolute Gasteiger partial charge is 0.456 e. The zero-order chi connectivity index (χ0) is 32.1. The lowest BCUT2D eigenvalue weighted by Crippen LogP contribution is -1.95. The van der Waals surface area contributed by atoms with Crippen LogP contribution in [0.15, 0.2) is 174 Å². The van der Waals surface area contributed by atoms with E-state index in [1.807, 2.05) is 12.1 Å². The number of benzene rings is 8. The first-order chi connectivity index (χ1) is 24.3. The number of para-hydroxylation sites is 3. The molecule has 0 atom stereocenters. The van der Waals surface area contributed by atoms with E-state index in [2.05, 4.69) is 167 Å². The van der Waals surface area contributed by atoms with E-state index in [9.17, 15) is 0 Å². The van der Waals surface area contributed by atoms with Crippen LogP contribution in [0.1, 0.15) is 0 Å². The van der Waals surface area contributed by atoms with Crippen molar-refractivity contribution in [3.8, 4) is 22.5 Å². The molecule has 0 saturated carbocycles. The molecule has 3 aromatic heterocycles. The highest BCUT2D eigenvalue weighted by Crippen LogP contribution is 2.41. The predicted octanol–water partition coefficient (Wildman–Crippen LogP) is 12.6. The van der Waals surface area contributed by atoms with Gasteiger partial charge >= 0.3 is 0 Å². The smallest absolute Gasteiger partial charge is 0.137 e. The number of hydrogen-bond donors (Lipinski definition) is 0. The molecule has 49 heavy (non-hydrogen) atoms. The number of hydrogen-bond acceptors (Lipinski definition) is 1. The fraction of sp³-hybridized carbons (Fsp3) is 0. The van der Waals surface area contributed by atoms with E-state index in [-0.39, 0.29) is 0 Å². The molecule has 0 unspecified atom stereocenters. The summed E-state index contributed by atoms with van der Waals surface area (Å²) in [6.07, 6.45) is 0. The van der Waals surface area contributed by atoms with Crippen molar-refractivity contribution in [2.45, 2.75) is 0 Å². The molecule has 0 aliphatic heterocycles. The molecule has 11 rings (SSSR count). The van der Waals surface area contributed by atoms with Gasteiger partial charge in [-0.3, -0.25) is 0 Å². The summed E-state index contributed by atoms with van der Waals surface area (Å²) in [5, 5.41) is 9.72. The fourth-order valence-electron chi connectivity index (χ4n) is 8.17. The van der Waals surface area contributed by atoms with Crippen LogP contribution in [0.5, 0.6) is 0 Å². The first-order valence-corrected chi connectivity index (χ1v) is 16.8. The summed E-state index contributed by atoms with van der Waals surface area (Å²) in [4.78, 5) is 0. The normalized spacial score (nSPS) is 12.1. The standard InChI is InChI=1S/C46H28N2O/c1-2-13-32-29(11-1)12-9-19-38(32)48-39-17-6-3-14-33(39)35-25-23-31(28-43(35)48)30-24-26-41-37(27-30)34-15-4-7-18-40(34)47(41)42-20-10-22-45-46(42)36-16-5-8-21-44(36)49-45/h1-28H. The third-order valence-electron chi connectivity index (χ3n) is 10.3. The van der Waals surface area contributed by atoms with Crippen molar-refractivity contribution in [1.29, 1.82) is 0 Å². The highest BCUT2D eigenvalue weighted by atomic mass is 16.3. The van der Waals surface area contributed by atoms with E-state index in [4.69, 9.17) is 4.42 Å². The highest BCUT2D eigenvalue weighted by Gasteiger charge is 2.19. The summed E-state index contributed by atoms with van der Waals surface area (Å²) in [6.45, 7) is 0. The Morgan fingerprint density at radius 2 is 0.878 bits per heavy atom. The second kappa shape index (κ2) is 9.96. The van der Waals surface area contributed by atoms with Crippen molar-refractivity contribution >= 4 is 76.3 Å². The van der Waals surface area contributed by atoms with Gasteiger partial charge in [-0.15, -0.1) is 0 Å². The van der Waals surface area contributed by atoms with E-state index in [0.717, 1.165) is 27.6 Å². The van der Waals surface area contributed by atoms with Crippen LogP contribution in [-0.2, 0) is 0 Å². The molecule has 11 aromatic rings. The van der Waals surface area contributed by atoms with E-state index >= 15 is 0 Å². The third kappa shape index (κ3) is 3.73. The number of fused-ring (bicyclic) bond motifs is 10. The van der Waals surface area contributed by atoms with Crippen LogP contribution in [-0.4, -0.2) is 9.13 Å². The SMILES string of the molecule is c1ccc2c(-n3c4ccccc4c4ccc(-c5ccc6c(c5)c5ccccc5n6-c5cccc6oc7ccccc7c56)cc43)cccc2c1. The second-order valence-corrected chi connectivity index (χ2v) is 12.9. The Morgan fingerprint density at radius 1 is 0.327 bits per heavy atom. The minimum atomic E-state index is 0.899. The number of furan rings is 1. The zero-order valence-corrected chi connectivity index (χ0v) is 26.5. The third-order valence-corrected chi connectivity index (χ3v) is 10.3. The van der Waals surface area contributed by atoms with Gasteiger partial charge in [0.1, 0.15) is 11.2 Å². The number of nitrogens with zero attached hydrogens (tertiary/aromatic N) is 2. The minimum Gasteiger partial charge on any atom is -0.456 e.